The number of aliphatic hydroxyl groups is 1. The van der Waals surface area contributed by atoms with Gasteiger partial charge in [0.15, 0.2) is 0 Å². The third-order valence-electron chi connectivity index (χ3n) is 6.22. The highest BCUT2D eigenvalue weighted by molar-refractivity contribution is 7.12. The number of rotatable bonds is 2. The van der Waals surface area contributed by atoms with Crippen LogP contribution in [-0.2, 0) is 4.79 Å². The number of fused-ring (bicyclic) bond motifs is 1. The molecule has 1 saturated carbocycles. The molecule has 1 aromatic heterocycles. The number of carbonyl (C=O) groups is 2. The van der Waals surface area contributed by atoms with E-state index in [2.05, 4.69) is 0 Å². The van der Waals surface area contributed by atoms with Crippen molar-refractivity contribution in [3.8, 4) is 0 Å². The van der Waals surface area contributed by atoms with Crippen molar-refractivity contribution in [3.63, 3.8) is 0 Å². The second-order valence-corrected chi connectivity index (χ2v) is 8.71. The average Bonchev–Trinajstić information content (AvgIpc) is 3.29. The summed E-state index contributed by atoms with van der Waals surface area (Å²) in [6, 6.07) is 2.17. The fraction of sp³-hybridized carbons (Fsp3) is 0.684. The van der Waals surface area contributed by atoms with Gasteiger partial charge in [0.05, 0.1) is 17.0 Å². The number of amides is 2. The van der Waals surface area contributed by atoms with Crippen LogP contribution in [0, 0.1) is 18.8 Å². The van der Waals surface area contributed by atoms with E-state index in [1.54, 1.807) is 0 Å². The molecule has 1 aliphatic carbocycles. The van der Waals surface area contributed by atoms with E-state index >= 15 is 0 Å². The van der Waals surface area contributed by atoms with Crippen LogP contribution in [0.25, 0.3) is 0 Å². The van der Waals surface area contributed by atoms with Crippen molar-refractivity contribution in [2.24, 2.45) is 11.8 Å². The molecule has 2 aliphatic heterocycles. The fourth-order valence-corrected chi connectivity index (χ4v) is 5.59. The summed E-state index contributed by atoms with van der Waals surface area (Å²) in [5.41, 5.74) is 1.04. The molecule has 2 saturated heterocycles. The van der Waals surface area contributed by atoms with Gasteiger partial charge in [-0.05, 0) is 56.0 Å². The Bertz CT molecular complexity index is 665. The van der Waals surface area contributed by atoms with Gasteiger partial charge in [-0.25, -0.2) is 0 Å². The molecule has 4 rings (SSSR count). The van der Waals surface area contributed by atoms with Gasteiger partial charge in [-0.3, -0.25) is 9.59 Å². The molecule has 2 amide bonds. The zero-order chi connectivity index (χ0) is 17.6. The van der Waals surface area contributed by atoms with Crippen LogP contribution < -0.4 is 0 Å². The predicted molar refractivity (Wildman–Crippen MR) is 96.5 cm³/mol. The molecular weight excluding hydrogens is 336 g/mol. The van der Waals surface area contributed by atoms with E-state index in [0.717, 1.165) is 55.6 Å². The molecule has 25 heavy (non-hydrogen) atoms. The summed E-state index contributed by atoms with van der Waals surface area (Å²) in [6.07, 6.45) is 3.83. The van der Waals surface area contributed by atoms with Gasteiger partial charge in [-0.15, -0.1) is 11.3 Å². The third-order valence-corrected chi connectivity index (χ3v) is 7.22. The maximum Gasteiger partial charge on any atom is 0.264 e. The van der Waals surface area contributed by atoms with Crippen molar-refractivity contribution in [1.29, 1.82) is 0 Å². The maximum absolute atomic E-state index is 13.0. The molecule has 5 nitrogen and oxygen atoms in total. The summed E-state index contributed by atoms with van der Waals surface area (Å²) in [5.74, 6) is 0.852. The molecule has 0 bridgehead atoms. The number of aliphatic hydroxyl groups excluding tert-OH is 1. The first-order chi connectivity index (χ1) is 12.0. The summed E-state index contributed by atoms with van der Waals surface area (Å²) in [6.45, 7) is 4.25. The Morgan fingerprint density at radius 3 is 2.60 bits per heavy atom. The Morgan fingerprint density at radius 1 is 1.16 bits per heavy atom. The first kappa shape index (κ1) is 17.0. The van der Waals surface area contributed by atoms with Crippen molar-refractivity contribution >= 4 is 23.2 Å². The Hall–Kier alpha value is -1.40. The zero-order valence-corrected chi connectivity index (χ0v) is 15.5. The topological polar surface area (TPSA) is 60.9 Å². The quantitative estimate of drug-likeness (QED) is 0.878. The number of hydrogen-bond acceptors (Lipinski definition) is 4. The molecular formula is C19H26N2O3S. The second-order valence-electron chi connectivity index (χ2n) is 7.80. The molecule has 3 aliphatic rings. The van der Waals surface area contributed by atoms with E-state index in [-0.39, 0.29) is 29.9 Å². The van der Waals surface area contributed by atoms with Crippen LogP contribution in [0.4, 0.5) is 0 Å². The van der Waals surface area contributed by atoms with Gasteiger partial charge < -0.3 is 14.9 Å². The van der Waals surface area contributed by atoms with E-state index in [9.17, 15) is 14.7 Å². The second kappa shape index (κ2) is 6.72. The lowest BCUT2D eigenvalue weighted by Gasteiger charge is -2.31. The number of hydrogen-bond donors (Lipinski definition) is 1. The maximum atomic E-state index is 13.0. The molecule has 0 aromatic carbocycles. The van der Waals surface area contributed by atoms with Crippen molar-refractivity contribution in [1.82, 2.24) is 9.80 Å². The zero-order valence-electron chi connectivity index (χ0n) is 14.7. The Morgan fingerprint density at radius 2 is 1.92 bits per heavy atom. The van der Waals surface area contributed by atoms with Gasteiger partial charge in [-0.1, -0.05) is 0 Å². The van der Waals surface area contributed by atoms with Gasteiger partial charge in [0.2, 0.25) is 5.91 Å². The lowest BCUT2D eigenvalue weighted by atomic mass is 9.86. The highest BCUT2D eigenvalue weighted by Crippen LogP contribution is 2.36. The Labute approximate surface area is 152 Å². The van der Waals surface area contributed by atoms with E-state index in [1.807, 2.05) is 28.2 Å². The minimum atomic E-state index is -0.232. The summed E-state index contributed by atoms with van der Waals surface area (Å²) in [4.78, 5) is 30.5. The molecule has 3 heterocycles. The van der Waals surface area contributed by atoms with Crippen molar-refractivity contribution in [2.45, 2.75) is 51.2 Å². The molecule has 136 valence electrons. The number of aryl methyl sites for hydroxylation is 1. The first-order valence-corrected chi connectivity index (χ1v) is 10.2. The molecule has 0 radical (unpaired) electrons. The van der Waals surface area contributed by atoms with Crippen molar-refractivity contribution in [2.75, 3.05) is 19.6 Å². The highest BCUT2D eigenvalue weighted by atomic mass is 32.1. The van der Waals surface area contributed by atoms with E-state index in [4.69, 9.17) is 0 Å². The van der Waals surface area contributed by atoms with Crippen LogP contribution in [0.3, 0.4) is 0 Å². The Balaban J connectivity index is 1.42. The van der Waals surface area contributed by atoms with Crippen LogP contribution in [0.1, 0.15) is 47.3 Å². The third kappa shape index (κ3) is 3.10. The lowest BCUT2D eigenvalue weighted by molar-refractivity contribution is -0.138. The average molecular weight is 362 g/mol. The van der Waals surface area contributed by atoms with E-state index < -0.39 is 0 Å². The summed E-state index contributed by atoms with van der Waals surface area (Å²) >= 11 is 1.51. The van der Waals surface area contributed by atoms with Gasteiger partial charge in [0.25, 0.3) is 5.91 Å². The minimum absolute atomic E-state index is 0.0615. The van der Waals surface area contributed by atoms with Gasteiger partial charge in [-0.2, -0.15) is 0 Å². The van der Waals surface area contributed by atoms with Crippen LogP contribution in [0.5, 0.6) is 0 Å². The molecule has 1 N–H and O–H groups in total. The SMILES string of the molecule is Cc1ccsc1C(=O)N1CC2CCN(C(=O)C3CCC(O)CC3)C2C1. The fourth-order valence-electron chi connectivity index (χ4n) is 4.69. The van der Waals surface area contributed by atoms with Gasteiger partial charge in [0, 0.05) is 31.5 Å². The Kier molecular flexibility index (Phi) is 4.58. The smallest absolute Gasteiger partial charge is 0.264 e. The summed E-state index contributed by atoms with van der Waals surface area (Å²) in [5, 5.41) is 11.6. The normalized spacial score (nSPS) is 32.1. The van der Waals surface area contributed by atoms with E-state index in [0.29, 0.717) is 12.5 Å². The van der Waals surface area contributed by atoms with Crippen LogP contribution in [-0.4, -0.2) is 58.5 Å². The summed E-state index contributed by atoms with van der Waals surface area (Å²) < 4.78 is 0. The van der Waals surface area contributed by atoms with Crippen molar-refractivity contribution < 1.29 is 14.7 Å². The number of thiophene rings is 1. The number of likely N-dealkylation sites (tertiary alicyclic amines) is 2. The largest absolute Gasteiger partial charge is 0.393 e. The standard InChI is InChI=1S/C19H26N2O3S/c1-12-7-9-25-17(12)19(24)20-10-14-6-8-21(16(14)11-20)18(23)13-2-4-15(22)5-3-13/h7,9,13-16,22H,2-6,8,10-11H2,1H3. The molecule has 2 atom stereocenters. The monoisotopic (exact) mass is 362 g/mol. The van der Waals surface area contributed by atoms with Crippen molar-refractivity contribution in [3.05, 3.63) is 21.9 Å². The molecule has 0 spiro atoms. The lowest BCUT2D eigenvalue weighted by Crippen LogP contribution is -2.44. The van der Waals surface area contributed by atoms with Crippen LogP contribution >= 0.6 is 11.3 Å². The van der Waals surface area contributed by atoms with Gasteiger partial charge >= 0.3 is 0 Å². The first-order valence-electron chi connectivity index (χ1n) is 9.36. The van der Waals surface area contributed by atoms with Crippen LogP contribution in [0.15, 0.2) is 11.4 Å². The molecule has 2 unspecified atom stereocenters. The minimum Gasteiger partial charge on any atom is -0.393 e. The highest BCUT2D eigenvalue weighted by Gasteiger charge is 2.46. The predicted octanol–water partition coefficient (Wildman–Crippen LogP) is 2.28. The number of carbonyl (C=O) groups excluding carboxylic acids is 2. The molecule has 3 fully saturated rings. The van der Waals surface area contributed by atoms with E-state index in [1.165, 1.54) is 11.3 Å². The summed E-state index contributed by atoms with van der Waals surface area (Å²) in [7, 11) is 0. The molecule has 6 heteroatoms. The van der Waals surface area contributed by atoms with Gasteiger partial charge in [0.1, 0.15) is 0 Å². The van der Waals surface area contributed by atoms with Crippen LogP contribution in [0.2, 0.25) is 0 Å². The number of nitrogens with zero attached hydrogens (tertiary/aromatic N) is 2. The molecule has 1 aromatic rings.